The molecule has 3 aromatic carbocycles. The third-order valence-corrected chi connectivity index (χ3v) is 7.75. The number of hydrogen-bond acceptors (Lipinski definition) is 4. The molecule has 1 N–H and O–H groups in total. The number of anilines is 1. The minimum absolute atomic E-state index is 0.0131. The Labute approximate surface area is 237 Å². The average Bonchev–Trinajstić information content (AvgIpc) is 2.94. The van der Waals surface area contributed by atoms with Crippen molar-refractivity contribution in [2.24, 2.45) is 0 Å². The van der Waals surface area contributed by atoms with E-state index in [0.717, 1.165) is 34.5 Å². The lowest BCUT2D eigenvalue weighted by Gasteiger charge is -2.32. The molecule has 3 aromatic rings. The maximum Gasteiger partial charge on any atom is 0.243 e. The highest BCUT2D eigenvalue weighted by Gasteiger charge is 2.30. The van der Waals surface area contributed by atoms with Gasteiger partial charge in [-0.25, -0.2) is 12.8 Å². The summed E-state index contributed by atoms with van der Waals surface area (Å²) in [4.78, 5) is 28.8. The van der Waals surface area contributed by atoms with Crippen molar-refractivity contribution in [3.8, 4) is 0 Å². The Hall–Kier alpha value is -3.72. The van der Waals surface area contributed by atoms with E-state index in [2.05, 4.69) is 5.32 Å². The zero-order valence-electron chi connectivity index (χ0n) is 23.1. The fraction of sp³-hybridized carbons (Fsp3) is 0.355. The SMILES string of the molecule is CCCCNC(=O)[C@@H](Cc1ccccc1)N(Cc1ccccc1)C(=O)CCCN(c1ccccc1F)S(C)(=O)=O. The molecule has 9 heteroatoms. The van der Waals surface area contributed by atoms with Gasteiger partial charge in [0.15, 0.2) is 0 Å². The molecule has 0 heterocycles. The lowest BCUT2D eigenvalue weighted by molar-refractivity contribution is -0.141. The quantitative estimate of drug-likeness (QED) is 0.264. The van der Waals surface area contributed by atoms with Crippen LogP contribution in [-0.4, -0.2) is 50.5 Å². The van der Waals surface area contributed by atoms with Crippen molar-refractivity contribution in [2.75, 3.05) is 23.7 Å². The van der Waals surface area contributed by atoms with Crippen LogP contribution in [-0.2, 0) is 32.6 Å². The summed E-state index contributed by atoms with van der Waals surface area (Å²) in [6, 6.07) is 23.9. The summed E-state index contributed by atoms with van der Waals surface area (Å²) in [5, 5.41) is 2.98. The summed E-state index contributed by atoms with van der Waals surface area (Å²) in [6.45, 7) is 2.71. The first kappa shape index (κ1) is 30.8. The second-order valence-corrected chi connectivity index (χ2v) is 11.7. The van der Waals surface area contributed by atoms with Crippen LogP contribution in [0.3, 0.4) is 0 Å². The van der Waals surface area contributed by atoms with Gasteiger partial charge >= 0.3 is 0 Å². The Morgan fingerprint density at radius 2 is 1.48 bits per heavy atom. The summed E-state index contributed by atoms with van der Waals surface area (Å²) in [5.74, 6) is -1.17. The lowest BCUT2D eigenvalue weighted by Crippen LogP contribution is -2.50. The number of sulfonamides is 1. The molecule has 0 radical (unpaired) electrons. The van der Waals surface area contributed by atoms with Crippen LogP contribution in [0.25, 0.3) is 0 Å². The van der Waals surface area contributed by atoms with Crippen molar-refractivity contribution < 1.29 is 22.4 Å². The standard InChI is InChI=1S/C31H38FN3O4S/c1-3-4-21-33-31(37)29(23-25-14-7-5-8-15-25)34(24-26-16-9-6-10-17-26)30(36)20-13-22-35(40(2,38)39)28-19-12-11-18-27(28)32/h5-12,14-19,29H,3-4,13,20-24H2,1-2H3,(H,33,37)/t29-/m1/s1. The number of hydrogen-bond donors (Lipinski definition) is 1. The fourth-order valence-electron chi connectivity index (χ4n) is 4.48. The van der Waals surface area contributed by atoms with Crippen molar-refractivity contribution in [1.82, 2.24) is 10.2 Å². The van der Waals surface area contributed by atoms with E-state index >= 15 is 0 Å². The fourth-order valence-corrected chi connectivity index (χ4v) is 5.44. The van der Waals surface area contributed by atoms with Crippen molar-refractivity contribution in [2.45, 2.75) is 51.6 Å². The van der Waals surface area contributed by atoms with Crippen LogP contribution in [0, 0.1) is 5.82 Å². The highest BCUT2D eigenvalue weighted by molar-refractivity contribution is 7.92. The first-order chi connectivity index (χ1) is 19.2. The molecule has 2 amide bonds. The molecule has 0 unspecified atom stereocenters. The topological polar surface area (TPSA) is 86.8 Å². The molecule has 0 aliphatic carbocycles. The maximum atomic E-state index is 14.4. The van der Waals surface area contributed by atoms with Crippen molar-refractivity contribution in [1.29, 1.82) is 0 Å². The highest BCUT2D eigenvalue weighted by atomic mass is 32.2. The molecule has 0 saturated heterocycles. The molecule has 0 bridgehead atoms. The van der Waals surface area contributed by atoms with E-state index in [1.165, 1.54) is 18.2 Å². The number of carbonyl (C=O) groups excluding carboxylic acids is 2. The number of rotatable bonds is 15. The van der Waals surface area contributed by atoms with Gasteiger partial charge in [-0.05, 0) is 36.1 Å². The highest BCUT2D eigenvalue weighted by Crippen LogP contribution is 2.23. The Kier molecular flexibility index (Phi) is 11.7. The summed E-state index contributed by atoms with van der Waals surface area (Å²) >= 11 is 0. The predicted octanol–water partition coefficient (Wildman–Crippen LogP) is 4.93. The van der Waals surface area contributed by atoms with E-state index in [0.29, 0.717) is 13.0 Å². The van der Waals surface area contributed by atoms with Crippen LogP contribution in [0.2, 0.25) is 0 Å². The van der Waals surface area contributed by atoms with Gasteiger partial charge in [-0.3, -0.25) is 13.9 Å². The summed E-state index contributed by atoms with van der Waals surface area (Å²) < 4.78 is 40.4. The molecule has 0 spiro atoms. The van der Waals surface area contributed by atoms with Crippen molar-refractivity contribution in [3.05, 3.63) is 102 Å². The van der Waals surface area contributed by atoms with Gasteiger partial charge in [0, 0.05) is 32.5 Å². The van der Waals surface area contributed by atoms with Gasteiger partial charge in [0.2, 0.25) is 21.8 Å². The Morgan fingerprint density at radius 1 is 0.875 bits per heavy atom. The number of unbranched alkanes of at least 4 members (excludes halogenated alkanes) is 1. The zero-order chi connectivity index (χ0) is 29.0. The van der Waals surface area contributed by atoms with Gasteiger partial charge in [-0.15, -0.1) is 0 Å². The number of nitrogens with zero attached hydrogens (tertiary/aromatic N) is 2. The van der Waals surface area contributed by atoms with E-state index in [1.807, 2.05) is 67.6 Å². The lowest BCUT2D eigenvalue weighted by atomic mass is 10.0. The largest absolute Gasteiger partial charge is 0.354 e. The zero-order valence-corrected chi connectivity index (χ0v) is 23.9. The van der Waals surface area contributed by atoms with Crippen molar-refractivity contribution in [3.63, 3.8) is 0 Å². The van der Waals surface area contributed by atoms with Gasteiger partial charge in [-0.1, -0.05) is 86.1 Å². The van der Waals surface area contributed by atoms with Crippen LogP contribution in [0.5, 0.6) is 0 Å². The second kappa shape index (κ2) is 15.2. The normalized spacial score (nSPS) is 12.0. The van der Waals surface area contributed by atoms with Crippen LogP contribution in [0.4, 0.5) is 10.1 Å². The molecule has 1 atom stereocenters. The van der Waals surface area contributed by atoms with Crippen LogP contribution in [0.15, 0.2) is 84.9 Å². The molecular weight excluding hydrogens is 529 g/mol. The molecule has 0 aliphatic heterocycles. The summed E-state index contributed by atoms with van der Waals surface area (Å²) in [6.07, 6.45) is 3.24. The second-order valence-electron chi connectivity index (χ2n) is 9.75. The van der Waals surface area contributed by atoms with Crippen LogP contribution in [0.1, 0.15) is 43.7 Å². The minimum Gasteiger partial charge on any atom is -0.354 e. The third kappa shape index (κ3) is 9.19. The molecule has 0 fully saturated rings. The van der Waals surface area contributed by atoms with Gasteiger partial charge in [0.05, 0.1) is 11.9 Å². The summed E-state index contributed by atoms with van der Waals surface area (Å²) in [5.41, 5.74) is 1.74. The molecular formula is C31H38FN3O4S. The molecule has 7 nitrogen and oxygen atoms in total. The van der Waals surface area contributed by atoms with Gasteiger partial charge in [0.25, 0.3) is 0 Å². The van der Waals surface area contributed by atoms with E-state index in [-0.39, 0.29) is 43.4 Å². The average molecular weight is 568 g/mol. The van der Waals surface area contributed by atoms with E-state index in [4.69, 9.17) is 0 Å². The number of benzene rings is 3. The smallest absolute Gasteiger partial charge is 0.243 e. The number of amides is 2. The van der Waals surface area contributed by atoms with Gasteiger partial charge < -0.3 is 10.2 Å². The Morgan fingerprint density at radius 3 is 2.08 bits per heavy atom. The number of para-hydroxylation sites is 1. The monoisotopic (exact) mass is 567 g/mol. The predicted molar refractivity (Wildman–Crippen MR) is 157 cm³/mol. The Balaban J connectivity index is 1.85. The molecule has 0 saturated carbocycles. The first-order valence-electron chi connectivity index (χ1n) is 13.6. The maximum absolute atomic E-state index is 14.4. The number of halogens is 1. The number of nitrogens with one attached hydrogen (secondary N) is 1. The molecule has 40 heavy (non-hydrogen) atoms. The van der Waals surface area contributed by atoms with E-state index in [9.17, 15) is 22.4 Å². The summed E-state index contributed by atoms with van der Waals surface area (Å²) in [7, 11) is -3.79. The molecule has 214 valence electrons. The third-order valence-electron chi connectivity index (χ3n) is 6.57. The van der Waals surface area contributed by atoms with Crippen LogP contribution >= 0.6 is 0 Å². The molecule has 0 aliphatic rings. The number of carbonyl (C=O) groups is 2. The molecule has 3 rings (SSSR count). The molecule has 0 aromatic heterocycles. The van der Waals surface area contributed by atoms with E-state index < -0.39 is 21.9 Å². The van der Waals surface area contributed by atoms with Crippen molar-refractivity contribution >= 4 is 27.5 Å². The Bertz CT molecular complexity index is 1340. The van der Waals surface area contributed by atoms with E-state index in [1.54, 1.807) is 11.0 Å². The van der Waals surface area contributed by atoms with Gasteiger partial charge in [0.1, 0.15) is 11.9 Å². The first-order valence-corrected chi connectivity index (χ1v) is 15.4. The van der Waals surface area contributed by atoms with Gasteiger partial charge in [-0.2, -0.15) is 0 Å². The minimum atomic E-state index is -3.79. The van der Waals surface area contributed by atoms with Crippen LogP contribution < -0.4 is 9.62 Å².